The predicted molar refractivity (Wildman–Crippen MR) is 82.6 cm³/mol. The van der Waals surface area contributed by atoms with Gasteiger partial charge in [0.05, 0.1) is 5.56 Å². The van der Waals surface area contributed by atoms with Gasteiger partial charge in [0.2, 0.25) is 5.56 Å². The van der Waals surface area contributed by atoms with Crippen molar-refractivity contribution in [2.45, 2.75) is 6.54 Å². The second-order valence-corrected chi connectivity index (χ2v) is 5.92. The molecule has 3 rings (SSSR count). The molecule has 1 aliphatic rings. The number of nitrogens with one attached hydrogen (secondary N) is 1. The zero-order valence-corrected chi connectivity index (χ0v) is 12.4. The van der Waals surface area contributed by atoms with Gasteiger partial charge in [0.1, 0.15) is 0 Å². The molecule has 110 valence electrons. The van der Waals surface area contributed by atoms with Crippen molar-refractivity contribution < 1.29 is 4.79 Å². The van der Waals surface area contributed by atoms with Crippen molar-refractivity contribution in [3.05, 3.63) is 56.6 Å². The summed E-state index contributed by atoms with van der Waals surface area (Å²) in [5.74, 6) is -0.0126. The molecule has 1 N–H and O–H groups in total. The van der Waals surface area contributed by atoms with Crippen LogP contribution in [0.25, 0.3) is 0 Å². The molecule has 5 nitrogen and oxygen atoms in total. The van der Waals surface area contributed by atoms with E-state index in [1.165, 1.54) is 17.8 Å². The summed E-state index contributed by atoms with van der Waals surface area (Å²) in [6.45, 7) is 4.16. The number of rotatable bonds is 3. The maximum Gasteiger partial charge on any atom is 0.255 e. The summed E-state index contributed by atoms with van der Waals surface area (Å²) in [6, 6.07) is 5.11. The van der Waals surface area contributed by atoms with Gasteiger partial charge in [0.25, 0.3) is 5.91 Å². The van der Waals surface area contributed by atoms with Gasteiger partial charge in [-0.2, -0.15) is 11.3 Å². The Balaban J connectivity index is 1.56. The van der Waals surface area contributed by atoms with Crippen LogP contribution in [0.5, 0.6) is 0 Å². The lowest BCUT2D eigenvalue weighted by molar-refractivity contribution is 0.0628. The molecule has 21 heavy (non-hydrogen) atoms. The highest BCUT2D eigenvalue weighted by molar-refractivity contribution is 7.07. The Bertz CT molecular complexity index is 637. The minimum atomic E-state index is -0.188. The summed E-state index contributed by atoms with van der Waals surface area (Å²) in [5.41, 5.74) is 1.69. The highest BCUT2D eigenvalue weighted by Gasteiger charge is 2.22. The fourth-order valence-electron chi connectivity index (χ4n) is 2.48. The molecule has 6 heteroatoms. The molecule has 2 aromatic heterocycles. The van der Waals surface area contributed by atoms with Gasteiger partial charge >= 0.3 is 0 Å². The number of thiophene rings is 1. The Kier molecular flexibility index (Phi) is 4.17. The molecule has 2 aromatic rings. The van der Waals surface area contributed by atoms with Gasteiger partial charge in [0.15, 0.2) is 0 Å². The first-order chi connectivity index (χ1) is 10.2. The third kappa shape index (κ3) is 3.40. The van der Waals surface area contributed by atoms with Crippen LogP contribution in [-0.4, -0.2) is 46.9 Å². The van der Waals surface area contributed by atoms with Gasteiger partial charge in [-0.3, -0.25) is 14.5 Å². The van der Waals surface area contributed by atoms with Gasteiger partial charge < -0.3 is 9.88 Å². The van der Waals surface area contributed by atoms with Gasteiger partial charge in [-0.1, -0.05) is 0 Å². The van der Waals surface area contributed by atoms with E-state index >= 15 is 0 Å². The number of carbonyl (C=O) groups excluding carboxylic acids is 1. The largest absolute Gasteiger partial charge is 0.336 e. The Morgan fingerprint density at radius 2 is 2.00 bits per heavy atom. The zero-order chi connectivity index (χ0) is 14.7. The second-order valence-electron chi connectivity index (χ2n) is 5.14. The number of nitrogens with zero attached hydrogens (tertiary/aromatic N) is 2. The van der Waals surface area contributed by atoms with Crippen molar-refractivity contribution in [1.82, 2.24) is 14.8 Å². The molecule has 0 radical (unpaired) electrons. The van der Waals surface area contributed by atoms with Crippen molar-refractivity contribution in [1.29, 1.82) is 0 Å². The first kappa shape index (κ1) is 14.0. The maximum absolute atomic E-state index is 12.3. The van der Waals surface area contributed by atoms with Crippen LogP contribution in [0.2, 0.25) is 0 Å². The summed E-state index contributed by atoms with van der Waals surface area (Å²) in [6.07, 6.45) is 1.49. The molecule has 1 amide bonds. The number of aromatic amines is 1. The molecular formula is C15H17N3O2S. The van der Waals surface area contributed by atoms with Crippen LogP contribution in [0.4, 0.5) is 0 Å². The SMILES string of the molecule is O=C(c1ccc(=O)[nH]c1)N1CCN(Cc2ccsc2)CC1. The summed E-state index contributed by atoms with van der Waals surface area (Å²) in [5, 5.41) is 4.25. The maximum atomic E-state index is 12.3. The van der Waals surface area contributed by atoms with Crippen molar-refractivity contribution >= 4 is 17.2 Å². The number of pyridine rings is 1. The van der Waals surface area contributed by atoms with Crippen LogP contribution in [0, 0.1) is 0 Å². The summed E-state index contributed by atoms with van der Waals surface area (Å²) in [7, 11) is 0. The molecule has 0 spiro atoms. The molecule has 0 bridgehead atoms. The monoisotopic (exact) mass is 303 g/mol. The average Bonchev–Trinajstić information content (AvgIpc) is 3.01. The summed E-state index contributed by atoms with van der Waals surface area (Å²) in [4.78, 5) is 30.1. The first-order valence-electron chi connectivity index (χ1n) is 6.94. The van der Waals surface area contributed by atoms with Crippen LogP contribution >= 0.6 is 11.3 Å². The van der Waals surface area contributed by atoms with E-state index in [1.54, 1.807) is 17.4 Å². The smallest absolute Gasteiger partial charge is 0.255 e. The Morgan fingerprint density at radius 3 is 2.62 bits per heavy atom. The molecule has 3 heterocycles. The minimum absolute atomic E-state index is 0.0126. The Morgan fingerprint density at radius 1 is 1.19 bits per heavy atom. The van der Waals surface area contributed by atoms with Crippen LogP contribution in [0.3, 0.4) is 0 Å². The van der Waals surface area contributed by atoms with Crippen molar-refractivity contribution in [2.24, 2.45) is 0 Å². The molecule has 1 aliphatic heterocycles. The van der Waals surface area contributed by atoms with E-state index in [0.29, 0.717) is 5.56 Å². The van der Waals surface area contributed by atoms with E-state index in [1.807, 2.05) is 4.90 Å². The standard InChI is InChI=1S/C15H17N3O2S/c19-14-2-1-13(9-16-14)15(20)18-6-4-17(5-7-18)10-12-3-8-21-11-12/h1-3,8-9,11H,4-7,10H2,(H,16,19). The number of piperazine rings is 1. The number of H-pyrrole nitrogens is 1. The second kappa shape index (κ2) is 6.24. The molecule has 1 saturated heterocycles. The average molecular weight is 303 g/mol. The molecule has 0 atom stereocenters. The molecule has 1 fully saturated rings. The third-order valence-electron chi connectivity index (χ3n) is 3.68. The quantitative estimate of drug-likeness (QED) is 0.932. The Labute approximate surface area is 126 Å². The summed E-state index contributed by atoms with van der Waals surface area (Å²) < 4.78 is 0. The van der Waals surface area contributed by atoms with E-state index in [-0.39, 0.29) is 11.5 Å². The fourth-order valence-corrected chi connectivity index (χ4v) is 3.14. The van der Waals surface area contributed by atoms with Crippen LogP contribution < -0.4 is 5.56 Å². The molecule has 0 unspecified atom stereocenters. The normalized spacial score (nSPS) is 16.1. The number of hydrogen-bond acceptors (Lipinski definition) is 4. The molecule has 0 aromatic carbocycles. The van der Waals surface area contributed by atoms with E-state index < -0.39 is 0 Å². The first-order valence-corrected chi connectivity index (χ1v) is 7.88. The van der Waals surface area contributed by atoms with Gasteiger partial charge in [0, 0.05) is 45.0 Å². The zero-order valence-electron chi connectivity index (χ0n) is 11.6. The van der Waals surface area contributed by atoms with Gasteiger partial charge in [-0.05, 0) is 28.5 Å². The lowest BCUT2D eigenvalue weighted by Gasteiger charge is -2.34. The van der Waals surface area contributed by atoms with Crippen LogP contribution in [0.15, 0.2) is 40.0 Å². The summed E-state index contributed by atoms with van der Waals surface area (Å²) >= 11 is 1.71. The highest BCUT2D eigenvalue weighted by atomic mass is 32.1. The van der Waals surface area contributed by atoms with Crippen LogP contribution in [0.1, 0.15) is 15.9 Å². The molecule has 0 saturated carbocycles. The Hall–Kier alpha value is -1.92. The lowest BCUT2D eigenvalue weighted by Crippen LogP contribution is -2.48. The van der Waals surface area contributed by atoms with E-state index in [2.05, 4.69) is 26.7 Å². The van der Waals surface area contributed by atoms with Gasteiger partial charge in [-0.15, -0.1) is 0 Å². The number of hydrogen-bond donors (Lipinski definition) is 1. The highest BCUT2D eigenvalue weighted by Crippen LogP contribution is 2.13. The van der Waals surface area contributed by atoms with Gasteiger partial charge in [-0.25, -0.2) is 0 Å². The fraction of sp³-hybridized carbons (Fsp3) is 0.333. The van der Waals surface area contributed by atoms with Crippen LogP contribution in [-0.2, 0) is 6.54 Å². The third-order valence-corrected chi connectivity index (χ3v) is 4.41. The van der Waals surface area contributed by atoms with E-state index in [0.717, 1.165) is 32.7 Å². The predicted octanol–water partition coefficient (Wildman–Crippen LogP) is 1.39. The van der Waals surface area contributed by atoms with Crippen molar-refractivity contribution in [2.75, 3.05) is 26.2 Å². The lowest BCUT2D eigenvalue weighted by atomic mass is 10.2. The molecular weight excluding hydrogens is 286 g/mol. The van der Waals surface area contributed by atoms with E-state index in [9.17, 15) is 9.59 Å². The molecule has 0 aliphatic carbocycles. The number of carbonyl (C=O) groups is 1. The van der Waals surface area contributed by atoms with Crippen molar-refractivity contribution in [3.8, 4) is 0 Å². The topological polar surface area (TPSA) is 56.4 Å². The number of aromatic nitrogens is 1. The number of amides is 1. The minimum Gasteiger partial charge on any atom is -0.336 e. The van der Waals surface area contributed by atoms with E-state index in [4.69, 9.17) is 0 Å². The van der Waals surface area contributed by atoms with Crippen molar-refractivity contribution in [3.63, 3.8) is 0 Å².